The summed E-state index contributed by atoms with van der Waals surface area (Å²) in [6, 6.07) is 15.3. The molecule has 182 valence electrons. The molecular weight excluding hydrogens is 542 g/mol. The molecule has 0 bridgehead atoms. The number of rotatable bonds is 4. The number of para-hydroxylation sites is 1. The van der Waals surface area contributed by atoms with Crippen LogP contribution in [0.5, 0.6) is 5.75 Å². The zero-order chi connectivity index (χ0) is 25.6. The maximum Gasteiger partial charge on any atom is 0.271 e. The monoisotopic (exact) mass is 563 g/mol. The maximum absolute atomic E-state index is 13.7. The molecule has 2 aromatic heterocycles. The summed E-state index contributed by atoms with van der Waals surface area (Å²) >= 11 is 4.59. The van der Waals surface area contributed by atoms with Gasteiger partial charge in [-0.25, -0.2) is 4.99 Å². The van der Waals surface area contributed by atoms with Gasteiger partial charge in [0.05, 0.1) is 15.8 Å². The van der Waals surface area contributed by atoms with Gasteiger partial charge in [-0.2, -0.15) is 0 Å². The second kappa shape index (κ2) is 9.40. The molecule has 36 heavy (non-hydrogen) atoms. The minimum atomic E-state index is -0.794. The number of aromatic nitrogens is 1. The molecule has 0 saturated heterocycles. The first-order valence-corrected chi connectivity index (χ1v) is 12.8. The Hall–Kier alpha value is -3.69. The number of hydrogen-bond acceptors (Lipinski definition) is 6. The van der Waals surface area contributed by atoms with E-state index in [0.717, 1.165) is 10.0 Å². The number of furan rings is 1. The van der Waals surface area contributed by atoms with Gasteiger partial charge in [-0.05, 0) is 68.8 Å². The second-order valence-electron chi connectivity index (χ2n) is 8.50. The Kier molecular flexibility index (Phi) is 6.27. The van der Waals surface area contributed by atoms with Crippen molar-refractivity contribution < 1.29 is 14.3 Å². The molecule has 7 nitrogen and oxygen atoms in total. The van der Waals surface area contributed by atoms with E-state index in [-0.39, 0.29) is 17.2 Å². The van der Waals surface area contributed by atoms with Gasteiger partial charge in [-0.1, -0.05) is 45.5 Å². The van der Waals surface area contributed by atoms with Crippen LogP contribution in [-0.2, 0) is 4.79 Å². The van der Waals surface area contributed by atoms with Gasteiger partial charge in [0.2, 0.25) is 0 Å². The van der Waals surface area contributed by atoms with Crippen molar-refractivity contribution in [1.82, 2.24) is 4.57 Å². The number of aryl methyl sites for hydroxylation is 2. The first-order chi connectivity index (χ1) is 17.2. The number of phenols is 1. The lowest BCUT2D eigenvalue weighted by molar-refractivity contribution is -0.113. The normalized spacial score (nSPS) is 15.6. The lowest BCUT2D eigenvalue weighted by atomic mass is 10.00. The molecule has 0 spiro atoms. The predicted molar refractivity (Wildman–Crippen MR) is 143 cm³/mol. The van der Waals surface area contributed by atoms with Gasteiger partial charge in [-0.3, -0.25) is 14.2 Å². The molecule has 2 aromatic carbocycles. The van der Waals surface area contributed by atoms with Crippen LogP contribution >= 0.6 is 27.3 Å². The predicted octanol–water partition coefficient (Wildman–Crippen LogP) is 4.55. The highest BCUT2D eigenvalue weighted by Gasteiger charge is 2.34. The Morgan fingerprint density at radius 1 is 1.17 bits per heavy atom. The standard InChI is InChI=1S/C27H22BrN3O4S/c1-14-6-4-5-7-19(14)30-25(33)23-16(3)29-27-31(24(23)21-11-8-15(2)35-21)26(34)22(36-27)13-17-12-18(28)9-10-20(17)32/h4-13,24,32H,1-3H3,(H,30,33)/b22-13+. The molecule has 0 fully saturated rings. The number of hydrogen-bond donors (Lipinski definition) is 2. The minimum absolute atomic E-state index is 0.0525. The first-order valence-electron chi connectivity index (χ1n) is 11.2. The van der Waals surface area contributed by atoms with Crippen molar-refractivity contribution in [3.8, 4) is 5.75 Å². The number of phenolic OH excluding ortho intramolecular Hbond substituents is 1. The number of nitrogens with zero attached hydrogens (tertiary/aromatic N) is 2. The highest BCUT2D eigenvalue weighted by Crippen LogP contribution is 2.32. The summed E-state index contributed by atoms with van der Waals surface area (Å²) in [6.45, 7) is 5.48. The van der Waals surface area contributed by atoms with E-state index in [2.05, 4.69) is 26.2 Å². The van der Waals surface area contributed by atoms with Crippen molar-refractivity contribution in [3.63, 3.8) is 0 Å². The largest absolute Gasteiger partial charge is 0.507 e. The zero-order valence-electron chi connectivity index (χ0n) is 19.7. The summed E-state index contributed by atoms with van der Waals surface area (Å²) in [5, 5.41) is 13.3. The van der Waals surface area contributed by atoms with Crippen LogP contribution in [0, 0.1) is 13.8 Å². The minimum Gasteiger partial charge on any atom is -0.507 e. The van der Waals surface area contributed by atoms with E-state index in [9.17, 15) is 14.7 Å². The maximum atomic E-state index is 13.7. The Labute approximate surface area is 218 Å². The molecule has 5 rings (SSSR count). The third-order valence-corrected chi connectivity index (χ3v) is 7.44. The van der Waals surface area contributed by atoms with E-state index >= 15 is 0 Å². The fraction of sp³-hybridized carbons (Fsp3) is 0.148. The van der Waals surface area contributed by atoms with Gasteiger partial charge in [0.25, 0.3) is 11.5 Å². The fourth-order valence-corrected chi connectivity index (χ4v) is 5.58. The first kappa shape index (κ1) is 24.0. The van der Waals surface area contributed by atoms with Crippen molar-refractivity contribution in [2.75, 3.05) is 5.32 Å². The molecule has 0 radical (unpaired) electrons. The molecule has 3 heterocycles. The van der Waals surface area contributed by atoms with Gasteiger partial charge < -0.3 is 14.8 Å². The lowest BCUT2D eigenvalue weighted by Crippen LogP contribution is -2.40. The molecule has 1 amide bonds. The number of thiazole rings is 1. The molecule has 1 atom stereocenters. The second-order valence-corrected chi connectivity index (χ2v) is 10.4. The number of amides is 1. The molecule has 1 aliphatic rings. The van der Waals surface area contributed by atoms with Crippen LogP contribution in [0.4, 0.5) is 5.69 Å². The summed E-state index contributed by atoms with van der Waals surface area (Å²) < 4.78 is 8.57. The third kappa shape index (κ3) is 4.36. The Morgan fingerprint density at radius 2 is 1.94 bits per heavy atom. The molecule has 0 aliphatic carbocycles. The number of anilines is 1. The van der Waals surface area contributed by atoms with Crippen molar-refractivity contribution in [1.29, 1.82) is 0 Å². The zero-order valence-corrected chi connectivity index (χ0v) is 22.1. The average molecular weight is 564 g/mol. The molecule has 9 heteroatoms. The summed E-state index contributed by atoms with van der Waals surface area (Å²) in [6.07, 6.45) is 1.63. The summed E-state index contributed by atoms with van der Waals surface area (Å²) in [4.78, 5) is 32.4. The number of carbonyl (C=O) groups is 1. The molecule has 4 aromatic rings. The van der Waals surface area contributed by atoms with Crippen LogP contribution in [0.25, 0.3) is 6.08 Å². The van der Waals surface area contributed by atoms with Crippen molar-refractivity contribution in [3.05, 3.63) is 113 Å². The molecular formula is C27H22BrN3O4S. The third-order valence-electron chi connectivity index (χ3n) is 5.97. The SMILES string of the molecule is CC1=C(C(=O)Nc2ccccc2C)C(c2ccc(C)o2)n2c(s/c(=C/c3cc(Br)ccc3O)c2=O)=N1. The van der Waals surface area contributed by atoms with Crippen LogP contribution in [0.3, 0.4) is 0 Å². The number of nitrogens with one attached hydrogen (secondary N) is 1. The van der Waals surface area contributed by atoms with Gasteiger partial charge in [-0.15, -0.1) is 0 Å². The Bertz CT molecular complexity index is 1730. The fourth-order valence-electron chi connectivity index (χ4n) is 4.17. The van der Waals surface area contributed by atoms with Crippen LogP contribution in [0.1, 0.15) is 35.6 Å². The quantitative estimate of drug-likeness (QED) is 0.380. The molecule has 1 unspecified atom stereocenters. The number of aromatic hydroxyl groups is 1. The number of carbonyl (C=O) groups excluding carboxylic acids is 1. The Balaban J connectivity index is 1.68. The topological polar surface area (TPSA) is 96.8 Å². The van der Waals surface area contributed by atoms with E-state index in [0.29, 0.717) is 43.4 Å². The van der Waals surface area contributed by atoms with E-state index in [4.69, 9.17) is 4.42 Å². The Morgan fingerprint density at radius 3 is 2.67 bits per heavy atom. The summed E-state index contributed by atoms with van der Waals surface area (Å²) in [5.74, 6) is 0.828. The summed E-state index contributed by atoms with van der Waals surface area (Å²) in [7, 11) is 0. The number of halogens is 1. The van der Waals surface area contributed by atoms with Gasteiger partial charge in [0.15, 0.2) is 4.80 Å². The summed E-state index contributed by atoms with van der Waals surface area (Å²) in [5.41, 5.74) is 2.59. The van der Waals surface area contributed by atoms with Gasteiger partial charge >= 0.3 is 0 Å². The van der Waals surface area contributed by atoms with Crippen LogP contribution in [0.15, 0.2) is 84.5 Å². The van der Waals surface area contributed by atoms with E-state index in [1.807, 2.05) is 38.1 Å². The molecule has 1 aliphatic heterocycles. The van der Waals surface area contributed by atoms with Crippen molar-refractivity contribution >= 4 is 44.9 Å². The van der Waals surface area contributed by atoms with E-state index in [1.165, 1.54) is 15.9 Å². The smallest absolute Gasteiger partial charge is 0.271 e. The number of benzene rings is 2. The van der Waals surface area contributed by atoms with Crippen molar-refractivity contribution in [2.45, 2.75) is 26.8 Å². The van der Waals surface area contributed by atoms with Gasteiger partial charge in [0.1, 0.15) is 23.3 Å². The number of allylic oxidation sites excluding steroid dienone is 1. The highest BCUT2D eigenvalue weighted by atomic mass is 79.9. The van der Waals surface area contributed by atoms with Crippen LogP contribution in [-0.4, -0.2) is 15.6 Å². The van der Waals surface area contributed by atoms with E-state index < -0.39 is 6.04 Å². The average Bonchev–Trinajstić information content (AvgIpc) is 3.39. The van der Waals surface area contributed by atoms with Crippen LogP contribution < -0.4 is 20.2 Å². The number of fused-ring (bicyclic) bond motifs is 1. The molecule has 2 N–H and O–H groups in total. The lowest BCUT2D eigenvalue weighted by Gasteiger charge is -2.23. The van der Waals surface area contributed by atoms with Gasteiger partial charge in [0, 0.05) is 15.7 Å². The van der Waals surface area contributed by atoms with E-state index in [1.54, 1.807) is 43.3 Å². The van der Waals surface area contributed by atoms with Crippen LogP contribution in [0.2, 0.25) is 0 Å². The van der Waals surface area contributed by atoms with Crippen molar-refractivity contribution in [2.24, 2.45) is 4.99 Å². The molecule has 0 saturated carbocycles. The highest BCUT2D eigenvalue weighted by molar-refractivity contribution is 9.10.